The van der Waals surface area contributed by atoms with Gasteiger partial charge in [0.15, 0.2) is 0 Å². The van der Waals surface area contributed by atoms with E-state index >= 15 is 0 Å². The average Bonchev–Trinajstić information content (AvgIpc) is 2.50. The summed E-state index contributed by atoms with van der Waals surface area (Å²) in [4.78, 5) is 15.2. The van der Waals surface area contributed by atoms with Crippen LogP contribution in [0.15, 0.2) is 24.3 Å². The van der Waals surface area contributed by atoms with Crippen LogP contribution < -0.4 is 0 Å². The van der Waals surface area contributed by atoms with E-state index in [0.29, 0.717) is 12.1 Å². The standard InChI is InChI=1S/C17H25FN2O2/c1-3-16(13-4-6-14(18)7-5-13)20-10-8-15(9-11-20)19(2)12-17(21)22/h4-7,15-16H,3,8-12H2,1-2H3,(H,21,22). The largest absolute Gasteiger partial charge is 0.480 e. The summed E-state index contributed by atoms with van der Waals surface area (Å²) < 4.78 is 13.1. The van der Waals surface area contributed by atoms with Gasteiger partial charge in [0, 0.05) is 25.2 Å². The molecule has 1 aromatic carbocycles. The first kappa shape index (κ1) is 16.9. The summed E-state index contributed by atoms with van der Waals surface area (Å²) in [5, 5.41) is 8.88. The Morgan fingerprint density at radius 3 is 2.45 bits per heavy atom. The van der Waals surface area contributed by atoms with Crippen molar-refractivity contribution in [3.05, 3.63) is 35.6 Å². The lowest BCUT2D eigenvalue weighted by molar-refractivity contribution is -0.138. The number of carboxylic acids is 1. The van der Waals surface area contributed by atoms with E-state index in [1.54, 1.807) is 0 Å². The first-order valence-corrected chi connectivity index (χ1v) is 7.92. The van der Waals surface area contributed by atoms with Crippen LogP contribution in [0.25, 0.3) is 0 Å². The molecule has 1 aliphatic rings. The van der Waals surface area contributed by atoms with Crippen LogP contribution >= 0.6 is 0 Å². The normalized spacial score (nSPS) is 18.5. The first-order chi connectivity index (χ1) is 10.5. The Balaban J connectivity index is 1.94. The third-order valence-electron chi connectivity index (χ3n) is 4.59. The highest BCUT2D eigenvalue weighted by atomic mass is 19.1. The Labute approximate surface area is 131 Å². The Bertz CT molecular complexity index is 484. The maximum atomic E-state index is 13.1. The van der Waals surface area contributed by atoms with E-state index in [4.69, 9.17) is 5.11 Å². The summed E-state index contributed by atoms with van der Waals surface area (Å²) in [5.74, 6) is -0.977. The second-order valence-electron chi connectivity index (χ2n) is 6.05. The molecule has 22 heavy (non-hydrogen) atoms. The number of piperidine rings is 1. The molecule has 0 aromatic heterocycles. The van der Waals surface area contributed by atoms with Gasteiger partial charge in [-0.2, -0.15) is 0 Å². The van der Waals surface area contributed by atoms with E-state index in [-0.39, 0.29) is 12.4 Å². The Kier molecular flexibility index (Phi) is 5.91. The van der Waals surface area contributed by atoms with Gasteiger partial charge >= 0.3 is 5.97 Å². The second-order valence-corrected chi connectivity index (χ2v) is 6.05. The number of likely N-dealkylation sites (tertiary alicyclic amines) is 1. The van der Waals surface area contributed by atoms with E-state index in [0.717, 1.165) is 37.9 Å². The summed E-state index contributed by atoms with van der Waals surface area (Å²) in [6, 6.07) is 7.42. The summed E-state index contributed by atoms with van der Waals surface area (Å²) in [5.41, 5.74) is 1.15. The molecule has 1 N–H and O–H groups in total. The van der Waals surface area contributed by atoms with Crippen molar-refractivity contribution in [1.82, 2.24) is 9.80 Å². The fourth-order valence-electron chi connectivity index (χ4n) is 3.37. The minimum absolute atomic E-state index is 0.0971. The molecule has 1 saturated heterocycles. The fraction of sp³-hybridized carbons (Fsp3) is 0.588. The molecule has 1 unspecified atom stereocenters. The molecule has 0 spiro atoms. The molecular weight excluding hydrogens is 283 g/mol. The summed E-state index contributed by atoms with van der Waals surface area (Å²) in [6.45, 7) is 4.14. The summed E-state index contributed by atoms with van der Waals surface area (Å²) in [7, 11) is 1.88. The number of hydrogen-bond acceptors (Lipinski definition) is 3. The van der Waals surface area contributed by atoms with Crippen molar-refractivity contribution in [3.8, 4) is 0 Å². The van der Waals surface area contributed by atoms with Gasteiger partial charge < -0.3 is 5.11 Å². The van der Waals surface area contributed by atoms with E-state index < -0.39 is 5.97 Å². The topological polar surface area (TPSA) is 43.8 Å². The van der Waals surface area contributed by atoms with Crippen LogP contribution in [0.1, 0.15) is 37.8 Å². The monoisotopic (exact) mass is 308 g/mol. The van der Waals surface area contributed by atoms with E-state index in [1.807, 2.05) is 24.1 Å². The van der Waals surface area contributed by atoms with Crippen LogP contribution in [0.3, 0.4) is 0 Å². The highest BCUT2D eigenvalue weighted by Gasteiger charge is 2.27. The van der Waals surface area contributed by atoms with Crippen molar-refractivity contribution in [3.63, 3.8) is 0 Å². The Morgan fingerprint density at radius 2 is 1.95 bits per heavy atom. The Morgan fingerprint density at radius 1 is 1.36 bits per heavy atom. The maximum absolute atomic E-state index is 13.1. The predicted molar refractivity (Wildman–Crippen MR) is 84.3 cm³/mol. The van der Waals surface area contributed by atoms with Gasteiger partial charge in [-0.25, -0.2) is 4.39 Å². The lowest BCUT2D eigenvalue weighted by atomic mass is 9.97. The zero-order chi connectivity index (χ0) is 16.1. The van der Waals surface area contributed by atoms with Gasteiger partial charge in [0.05, 0.1) is 6.54 Å². The maximum Gasteiger partial charge on any atom is 0.317 e. The number of halogens is 1. The number of aliphatic carboxylic acids is 1. The molecule has 0 amide bonds. The summed E-state index contributed by atoms with van der Waals surface area (Å²) in [6.07, 6.45) is 2.93. The lowest BCUT2D eigenvalue weighted by Gasteiger charge is -2.40. The van der Waals surface area contributed by atoms with Crippen molar-refractivity contribution in [2.45, 2.75) is 38.3 Å². The molecule has 1 aliphatic heterocycles. The van der Waals surface area contributed by atoms with Crippen molar-refractivity contribution < 1.29 is 14.3 Å². The first-order valence-electron chi connectivity index (χ1n) is 7.92. The third kappa shape index (κ3) is 4.27. The van der Waals surface area contributed by atoms with Crippen molar-refractivity contribution >= 4 is 5.97 Å². The van der Waals surface area contributed by atoms with Crippen LogP contribution in [0.2, 0.25) is 0 Å². The SMILES string of the molecule is CCC(c1ccc(F)cc1)N1CCC(N(C)CC(=O)O)CC1. The van der Waals surface area contributed by atoms with Crippen molar-refractivity contribution in [2.24, 2.45) is 0 Å². The number of likely N-dealkylation sites (N-methyl/N-ethyl adjacent to an activating group) is 1. The van der Waals surface area contributed by atoms with Gasteiger partial charge in [-0.05, 0) is 44.0 Å². The van der Waals surface area contributed by atoms with E-state index in [2.05, 4.69) is 11.8 Å². The van der Waals surface area contributed by atoms with Crippen LogP contribution in [-0.2, 0) is 4.79 Å². The highest BCUT2D eigenvalue weighted by molar-refractivity contribution is 5.69. The molecule has 4 nitrogen and oxygen atoms in total. The quantitative estimate of drug-likeness (QED) is 0.877. The third-order valence-corrected chi connectivity index (χ3v) is 4.59. The number of rotatable bonds is 6. The lowest BCUT2D eigenvalue weighted by Crippen LogP contribution is -2.45. The van der Waals surface area contributed by atoms with Gasteiger partial charge in [0.25, 0.3) is 0 Å². The van der Waals surface area contributed by atoms with Gasteiger partial charge in [0.2, 0.25) is 0 Å². The van der Waals surface area contributed by atoms with Crippen molar-refractivity contribution in [2.75, 3.05) is 26.7 Å². The van der Waals surface area contributed by atoms with E-state index in [9.17, 15) is 9.18 Å². The van der Waals surface area contributed by atoms with Gasteiger partial charge in [-0.1, -0.05) is 19.1 Å². The Hall–Kier alpha value is -1.46. The zero-order valence-electron chi connectivity index (χ0n) is 13.3. The van der Waals surface area contributed by atoms with Crippen LogP contribution in [0.4, 0.5) is 4.39 Å². The molecule has 1 fully saturated rings. The van der Waals surface area contributed by atoms with Crippen LogP contribution in [0, 0.1) is 5.82 Å². The average molecular weight is 308 g/mol. The molecule has 0 bridgehead atoms. The number of hydrogen-bond donors (Lipinski definition) is 1. The molecule has 0 aliphatic carbocycles. The minimum atomic E-state index is -0.775. The molecule has 1 aromatic rings. The molecule has 1 atom stereocenters. The number of nitrogens with zero attached hydrogens (tertiary/aromatic N) is 2. The van der Waals surface area contributed by atoms with Gasteiger partial charge in [0.1, 0.15) is 5.82 Å². The van der Waals surface area contributed by atoms with Crippen LogP contribution in [-0.4, -0.2) is 53.6 Å². The fourth-order valence-corrected chi connectivity index (χ4v) is 3.37. The summed E-state index contributed by atoms with van der Waals surface area (Å²) >= 11 is 0. The molecule has 0 radical (unpaired) electrons. The predicted octanol–water partition coefficient (Wildman–Crippen LogP) is 2.76. The van der Waals surface area contributed by atoms with Crippen molar-refractivity contribution in [1.29, 1.82) is 0 Å². The van der Waals surface area contributed by atoms with E-state index in [1.165, 1.54) is 12.1 Å². The smallest absolute Gasteiger partial charge is 0.317 e. The number of benzene rings is 1. The molecule has 122 valence electrons. The number of carboxylic acid groups (broad SMARTS) is 1. The van der Waals surface area contributed by atoms with Gasteiger partial charge in [-0.3, -0.25) is 14.6 Å². The minimum Gasteiger partial charge on any atom is -0.480 e. The van der Waals surface area contributed by atoms with Gasteiger partial charge in [-0.15, -0.1) is 0 Å². The molecule has 5 heteroatoms. The zero-order valence-corrected chi connectivity index (χ0v) is 13.3. The number of carbonyl (C=O) groups is 1. The molecule has 0 saturated carbocycles. The highest BCUT2D eigenvalue weighted by Crippen LogP contribution is 2.28. The molecule has 1 heterocycles. The van der Waals surface area contributed by atoms with Crippen LogP contribution in [0.5, 0.6) is 0 Å². The second kappa shape index (κ2) is 7.70. The molecular formula is C17H25FN2O2. The molecule has 2 rings (SSSR count).